The summed E-state index contributed by atoms with van der Waals surface area (Å²) in [6, 6.07) is 0.826. The van der Waals surface area contributed by atoms with Crippen LogP contribution in [0.15, 0.2) is 0 Å². The Morgan fingerprint density at radius 1 is 1.89 bits per heavy atom. The summed E-state index contributed by atoms with van der Waals surface area (Å²) in [5.74, 6) is 2.36. The van der Waals surface area contributed by atoms with Gasteiger partial charge in [-0.15, -0.1) is 0 Å². The number of rotatable bonds is 2. The molecule has 48 valence electrons. The third-order valence-corrected chi connectivity index (χ3v) is 2.52. The molecule has 2 heteroatoms. The van der Waals surface area contributed by atoms with Gasteiger partial charge >= 0.3 is 55.9 Å². The zero-order valence-corrected chi connectivity index (χ0v) is 5.85. The van der Waals surface area contributed by atoms with Crippen LogP contribution in [-0.4, -0.2) is 25.5 Å². The first-order chi connectivity index (χ1) is 4.37. The molecule has 0 amide bonds. The number of hydrogen-bond donors (Lipinski definition) is 1. The van der Waals surface area contributed by atoms with Gasteiger partial charge < -0.3 is 0 Å². The second-order valence-electron chi connectivity index (χ2n) is 3.15. The Bertz CT molecular complexity index is 155. The van der Waals surface area contributed by atoms with Gasteiger partial charge in [-0.2, -0.15) is 0 Å². The van der Waals surface area contributed by atoms with E-state index in [1.54, 1.807) is 0 Å². The Morgan fingerprint density at radius 2 is 2.67 bits per heavy atom. The molecule has 0 radical (unpaired) electrons. The van der Waals surface area contributed by atoms with Gasteiger partial charge in [0.25, 0.3) is 0 Å². The maximum atomic E-state index is 3.46. The van der Waals surface area contributed by atoms with Gasteiger partial charge in [-0.1, -0.05) is 0 Å². The topological polar surface area (TPSA) is 12.0 Å². The van der Waals surface area contributed by atoms with Crippen LogP contribution < -0.4 is 5.32 Å². The average Bonchev–Trinajstić information content (AvgIpc) is 2.41. The molecule has 1 nitrogen and oxygen atoms in total. The minimum absolute atomic E-state index is 0.649. The van der Waals surface area contributed by atoms with Crippen molar-refractivity contribution in [1.29, 1.82) is 0 Å². The molecule has 0 aromatic carbocycles. The molecule has 2 aliphatic rings. The summed E-state index contributed by atoms with van der Waals surface area (Å²) < 4.78 is 0. The summed E-state index contributed by atoms with van der Waals surface area (Å²) in [5, 5.41) is 3.46. The zero-order chi connectivity index (χ0) is 6.32. The fourth-order valence-corrected chi connectivity index (χ4v) is 1.67. The number of nitrogens with one attached hydrogen (secondary N) is 1. The van der Waals surface area contributed by atoms with E-state index in [0.717, 1.165) is 12.6 Å². The van der Waals surface area contributed by atoms with Crippen molar-refractivity contribution in [1.82, 2.24) is 5.32 Å². The molecule has 2 atom stereocenters. The maximum absolute atomic E-state index is 3.46. The van der Waals surface area contributed by atoms with Gasteiger partial charge in [-0.3, -0.25) is 0 Å². The second-order valence-corrected chi connectivity index (χ2v) is 3.15. The van der Waals surface area contributed by atoms with E-state index in [2.05, 4.69) is 25.1 Å². The van der Waals surface area contributed by atoms with Gasteiger partial charge in [0.2, 0.25) is 0 Å². The van der Waals surface area contributed by atoms with Gasteiger partial charge in [0.1, 0.15) is 0 Å². The normalized spacial score (nSPS) is 44.3. The van der Waals surface area contributed by atoms with E-state index >= 15 is 0 Å². The van der Waals surface area contributed by atoms with E-state index in [4.69, 9.17) is 0 Å². The third kappa shape index (κ3) is 0.693. The van der Waals surface area contributed by atoms with E-state index in [-0.39, 0.29) is 0 Å². The fraction of sp³-hybridized carbons (Fsp3) is 0.857. The SMILES string of the molecule is CCNC1CC12C=BC2. The molecule has 2 unspecified atom stereocenters. The molecular weight excluding hydrogens is 109 g/mol. The standard InChI is InChI=1S/C7H12BN/c1-2-9-6-3-7(6)4-8-5-7/h4,6,9H,2-3,5H2,1H3. The Kier molecular flexibility index (Phi) is 1.06. The first-order valence-corrected chi connectivity index (χ1v) is 3.78. The van der Waals surface area contributed by atoms with Gasteiger partial charge in [0.05, 0.1) is 0 Å². The molecule has 2 rings (SSSR count). The molecule has 1 spiro atoms. The summed E-state index contributed by atoms with van der Waals surface area (Å²) in [6.45, 7) is 5.58. The van der Waals surface area contributed by atoms with Crippen molar-refractivity contribution in [3.63, 3.8) is 0 Å². The van der Waals surface area contributed by atoms with Gasteiger partial charge in [0.15, 0.2) is 0 Å². The van der Waals surface area contributed by atoms with Gasteiger partial charge in [-0.05, 0) is 0 Å². The molecular formula is C7H12BN. The molecule has 0 aromatic heterocycles. The van der Waals surface area contributed by atoms with Crippen LogP contribution in [0.1, 0.15) is 13.3 Å². The first-order valence-electron chi connectivity index (χ1n) is 3.78. The molecule has 1 aliphatic heterocycles. The van der Waals surface area contributed by atoms with E-state index < -0.39 is 0 Å². The van der Waals surface area contributed by atoms with Crippen molar-refractivity contribution in [2.24, 2.45) is 5.41 Å². The predicted octanol–water partition coefficient (Wildman–Crippen LogP) is 0.293. The van der Waals surface area contributed by atoms with Crippen molar-refractivity contribution in [2.45, 2.75) is 25.7 Å². The molecule has 0 bridgehead atoms. The second kappa shape index (κ2) is 1.69. The Balaban J connectivity index is 1.88. The van der Waals surface area contributed by atoms with E-state index in [1.165, 1.54) is 12.7 Å². The Morgan fingerprint density at radius 3 is 3.00 bits per heavy atom. The van der Waals surface area contributed by atoms with Gasteiger partial charge in [0, 0.05) is 0 Å². The van der Waals surface area contributed by atoms with Crippen LogP contribution in [0.5, 0.6) is 0 Å². The summed E-state index contributed by atoms with van der Waals surface area (Å²) in [4.78, 5) is 0. The van der Waals surface area contributed by atoms with E-state index in [9.17, 15) is 0 Å². The van der Waals surface area contributed by atoms with Crippen LogP contribution in [0.25, 0.3) is 0 Å². The van der Waals surface area contributed by atoms with Crippen LogP contribution in [-0.2, 0) is 0 Å². The summed E-state index contributed by atoms with van der Waals surface area (Å²) in [6.07, 6.45) is 2.71. The molecule has 1 heterocycles. The Labute approximate surface area is 56.7 Å². The number of hydrogen-bond acceptors (Lipinski definition) is 1. The van der Waals surface area contributed by atoms with Crippen LogP contribution in [0.3, 0.4) is 0 Å². The van der Waals surface area contributed by atoms with Crippen molar-refractivity contribution >= 4 is 12.9 Å². The predicted molar refractivity (Wildman–Crippen MR) is 41.1 cm³/mol. The summed E-state index contributed by atoms with van der Waals surface area (Å²) >= 11 is 0. The molecule has 1 N–H and O–H groups in total. The molecule has 1 fully saturated rings. The molecule has 0 saturated heterocycles. The van der Waals surface area contributed by atoms with Crippen molar-refractivity contribution in [3.8, 4) is 0 Å². The van der Waals surface area contributed by atoms with Crippen LogP contribution >= 0.6 is 0 Å². The van der Waals surface area contributed by atoms with Crippen LogP contribution in [0.2, 0.25) is 6.32 Å². The van der Waals surface area contributed by atoms with Crippen molar-refractivity contribution in [3.05, 3.63) is 0 Å². The van der Waals surface area contributed by atoms with E-state index in [1.807, 2.05) is 0 Å². The van der Waals surface area contributed by atoms with Crippen LogP contribution in [0, 0.1) is 5.41 Å². The van der Waals surface area contributed by atoms with E-state index in [0.29, 0.717) is 5.41 Å². The quantitative estimate of drug-likeness (QED) is 0.518. The van der Waals surface area contributed by atoms with Gasteiger partial charge in [-0.25, -0.2) is 0 Å². The zero-order valence-electron chi connectivity index (χ0n) is 5.85. The fourth-order valence-electron chi connectivity index (χ4n) is 1.67. The summed E-state index contributed by atoms with van der Waals surface area (Å²) in [7, 11) is 0. The monoisotopic (exact) mass is 121 g/mol. The molecule has 1 aliphatic carbocycles. The molecule has 9 heavy (non-hydrogen) atoms. The summed E-state index contributed by atoms with van der Waals surface area (Å²) in [5.41, 5.74) is 0.649. The average molecular weight is 121 g/mol. The Hall–Kier alpha value is -0.105. The minimum atomic E-state index is 0.649. The molecule has 0 aromatic rings. The molecule has 1 saturated carbocycles. The third-order valence-electron chi connectivity index (χ3n) is 2.52. The first kappa shape index (κ1) is 5.66. The van der Waals surface area contributed by atoms with Crippen LogP contribution in [0.4, 0.5) is 0 Å². The van der Waals surface area contributed by atoms with Crippen molar-refractivity contribution < 1.29 is 0 Å². The van der Waals surface area contributed by atoms with Crippen molar-refractivity contribution in [2.75, 3.05) is 6.54 Å².